The van der Waals surface area contributed by atoms with Gasteiger partial charge in [-0.1, -0.05) is 0 Å². The number of aromatic nitrogens is 1. The van der Waals surface area contributed by atoms with E-state index in [-0.39, 0.29) is 18.5 Å². The van der Waals surface area contributed by atoms with Gasteiger partial charge in [-0.3, -0.25) is 4.79 Å². The number of aliphatic hydroxyl groups is 1. The molecule has 1 amide bonds. The number of carbonyl (C=O) groups is 1. The maximum Gasteiger partial charge on any atom is 0.268 e. The molecule has 1 aliphatic heterocycles. The van der Waals surface area contributed by atoms with Gasteiger partial charge in [0, 0.05) is 49.3 Å². The number of hydrogen-bond acceptors (Lipinski definition) is 3. The van der Waals surface area contributed by atoms with Crippen molar-refractivity contribution in [2.45, 2.75) is 38.3 Å². The summed E-state index contributed by atoms with van der Waals surface area (Å²) in [6, 6.07) is 2.00. The van der Waals surface area contributed by atoms with E-state index >= 15 is 0 Å². The van der Waals surface area contributed by atoms with E-state index in [0.29, 0.717) is 31.7 Å². The largest absolute Gasteiger partial charge is 0.388 e. The zero-order valence-electron chi connectivity index (χ0n) is 11.9. The molecule has 1 saturated heterocycles. The lowest BCUT2D eigenvalue weighted by atomic mass is 9.94. The zero-order valence-corrected chi connectivity index (χ0v) is 13.4. The summed E-state index contributed by atoms with van der Waals surface area (Å²) in [4.78, 5) is 12.3. The van der Waals surface area contributed by atoms with E-state index < -0.39 is 5.60 Å². The number of ether oxygens (including phenoxy) is 1. The van der Waals surface area contributed by atoms with Crippen LogP contribution in [0.25, 0.3) is 0 Å². The van der Waals surface area contributed by atoms with E-state index in [0.717, 1.165) is 4.47 Å². The molecular weight excluding hydrogens is 324 g/mol. The van der Waals surface area contributed by atoms with E-state index in [1.807, 2.05) is 24.6 Å². The molecule has 0 spiro atoms. The van der Waals surface area contributed by atoms with Gasteiger partial charge in [0.2, 0.25) is 0 Å². The molecule has 0 bridgehead atoms. The van der Waals surface area contributed by atoms with Crippen LogP contribution in [0.3, 0.4) is 0 Å². The highest BCUT2D eigenvalue weighted by Gasteiger charge is 2.30. The van der Waals surface area contributed by atoms with Crippen molar-refractivity contribution in [3.05, 3.63) is 22.4 Å². The lowest BCUT2D eigenvalue weighted by Gasteiger charge is -2.32. The Bertz CT molecular complexity index is 479. The van der Waals surface area contributed by atoms with Crippen molar-refractivity contribution in [1.29, 1.82) is 0 Å². The molecule has 1 aliphatic rings. The molecule has 2 heterocycles. The van der Waals surface area contributed by atoms with Crippen LogP contribution in [-0.2, 0) is 4.74 Å². The molecule has 0 aromatic carbocycles. The lowest BCUT2D eigenvalue weighted by Crippen LogP contribution is -2.46. The highest BCUT2D eigenvalue weighted by atomic mass is 79.9. The van der Waals surface area contributed by atoms with Crippen LogP contribution in [0.15, 0.2) is 16.7 Å². The maximum absolute atomic E-state index is 12.3. The van der Waals surface area contributed by atoms with Gasteiger partial charge in [0.15, 0.2) is 0 Å². The summed E-state index contributed by atoms with van der Waals surface area (Å²) >= 11 is 3.39. The minimum absolute atomic E-state index is 0.163. The Morgan fingerprint density at radius 3 is 2.80 bits per heavy atom. The third kappa shape index (κ3) is 3.62. The molecule has 0 atom stereocenters. The van der Waals surface area contributed by atoms with E-state index in [2.05, 4.69) is 21.2 Å². The van der Waals surface area contributed by atoms with Gasteiger partial charge in [-0.2, -0.15) is 0 Å². The second-order valence-electron chi connectivity index (χ2n) is 5.56. The number of nitrogens with zero attached hydrogens (tertiary/aromatic N) is 1. The van der Waals surface area contributed by atoms with Gasteiger partial charge in [0.25, 0.3) is 5.91 Å². The van der Waals surface area contributed by atoms with Gasteiger partial charge in [0.05, 0.1) is 5.60 Å². The molecular formula is C14H21BrN2O3. The molecule has 6 heteroatoms. The third-order valence-corrected chi connectivity index (χ3v) is 4.04. The minimum Gasteiger partial charge on any atom is -0.388 e. The molecule has 1 aromatic rings. The Labute approximate surface area is 127 Å². The maximum atomic E-state index is 12.3. The first-order chi connectivity index (χ1) is 9.41. The predicted molar refractivity (Wildman–Crippen MR) is 79.9 cm³/mol. The summed E-state index contributed by atoms with van der Waals surface area (Å²) in [6.45, 7) is 5.39. The van der Waals surface area contributed by atoms with Crippen LogP contribution in [0, 0.1) is 0 Å². The Morgan fingerprint density at radius 1 is 1.55 bits per heavy atom. The van der Waals surface area contributed by atoms with Crippen molar-refractivity contribution in [1.82, 2.24) is 9.88 Å². The summed E-state index contributed by atoms with van der Waals surface area (Å²) < 4.78 is 8.01. The fraction of sp³-hybridized carbons (Fsp3) is 0.643. The third-order valence-electron chi connectivity index (χ3n) is 3.61. The molecule has 112 valence electrons. The van der Waals surface area contributed by atoms with Gasteiger partial charge in [0.1, 0.15) is 5.69 Å². The number of rotatable bonds is 4. The van der Waals surface area contributed by atoms with Gasteiger partial charge in [-0.05, 0) is 35.8 Å². The van der Waals surface area contributed by atoms with Crippen molar-refractivity contribution >= 4 is 21.8 Å². The highest BCUT2D eigenvalue weighted by molar-refractivity contribution is 9.10. The second-order valence-corrected chi connectivity index (χ2v) is 6.48. The Hall–Kier alpha value is -0.850. The Kier molecular flexibility index (Phi) is 4.88. The predicted octanol–water partition coefficient (Wildman–Crippen LogP) is 2.10. The Balaban J connectivity index is 2.01. The van der Waals surface area contributed by atoms with Crippen molar-refractivity contribution in [3.8, 4) is 0 Å². The number of carbonyl (C=O) groups excluding carboxylic acids is 1. The van der Waals surface area contributed by atoms with Crippen LogP contribution in [0.2, 0.25) is 0 Å². The standard InChI is InChI=1S/C14H21BrN2O3/c1-10(2)17-8-11(15)7-12(17)13(18)16-9-14(19)3-5-20-6-4-14/h7-8,10,19H,3-6,9H2,1-2H3,(H,16,18). The molecule has 0 unspecified atom stereocenters. The molecule has 5 nitrogen and oxygen atoms in total. The van der Waals surface area contributed by atoms with Crippen molar-refractivity contribution in [2.75, 3.05) is 19.8 Å². The lowest BCUT2D eigenvalue weighted by molar-refractivity contribution is -0.0605. The molecule has 20 heavy (non-hydrogen) atoms. The minimum atomic E-state index is -0.847. The van der Waals surface area contributed by atoms with Crippen LogP contribution < -0.4 is 5.32 Å². The summed E-state index contributed by atoms with van der Waals surface area (Å²) in [5, 5.41) is 13.2. The van der Waals surface area contributed by atoms with Gasteiger partial charge < -0.3 is 19.7 Å². The van der Waals surface area contributed by atoms with E-state index in [1.165, 1.54) is 0 Å². The van der Waals surface area contributed by atoms with Gasteiger partial charge >= 0.3 is 0 Å². The fourth-order valence-electron chi connectivity index (χ4n) is 2.32. The first kappa shape index (κ1) is 15.5. The topological polar surface area (TPSA) is 63.5 Å². The van der Waals surface area contributed by atoms with Crippen LogP contribution >= 0.6 is 15.9 Å². The fourth-order valence-corrected chi connectivity index (χ4v) is 2.76. The molecule has 1 aromatic heterocycles. The first-order valence-corrected chi connectivity index (χ1v) is 7.66. The molecule has 2 rings (SSSR count). The van der Waals surface area contributed by atoms with Crippen LogP contribution in [0.5, 0.6) is 0 Å². The average Bonchev–Trinajstić information content (AvgIpc) is 2.79. The number of amides is 1. The van der Waals surface area contributed by atoms with Crippen molar-refractivity contribution in [2.24, 2.45) is 0 Å². The van der Waals surface area contributed by atoms with E-state index in [4.69, 9.17) is 4.74 Å². The van der Waals surface area contributed by atoms with Crippen LogP contribution in [0.1, 0.15) is 43.2 Å². The van der Waals surface area contributed by atoms with Gasteiger partial charge in [-0.15, -0.1) is 0 Å². The average molecular weight is 345 g/mol. The smallest absolute Gasteiger partial charge is 0.268 e. The van der Waals surface area contributed by atoms with Crippen molar-refractivity contribution in [3.63, 3.8) is 0 Å². The van der Waals surface area contributed by atoms with Crippen molar-refractivity contribution < 1.29 is 14.6 Å². The summed E-state index contributed by atoms with van der Waals surface area (Å²) in [5.74, 6) is -0.163. The van der Waals surface area contributed by atoms with Gasteiger partial charge in [-0.25, -0.2) is 0 Å². The van der Waals surface area contributed by atoms with E-state index in [9.17, 15) is 9.90 Å². The number of halogens is 1. The molecule has 0 aliphatic carbocycles. The molecule has 2 N–H and O–H groups in total. The highest BCUT2D eigenvalue weighted by Crippen LogP contribution is 2.21. The molecule has 0 saturated carbocycles. The Morgan fingerprint density at radius 2 is 2.20 bits per heavy atom. The monoisotopic (exact) mass is 344 g/mol. The van der Waals surface area contributed by atoms with E-state index in [1.54, 1.807) is 6.07 Å². The summed E-state index contributed by atoms with van der Waals surface area (Å²) in [5.41, 5.74) is -0.247. The molecule has 1 fully saturated rings. The first-order valence-electron chi connectivity index (χ1n) is 6.87. The quantitative estimate of drug-likeness (QED) is 0.879. The van der Waals surface area contributed by atoms with Crippen LogP contribution in [0.4, 0.5) is 0 Å². The number of hydrogen-bond donors (Lipinski definition) is 2. The second kappa shape index (κ2) is 6.28. The number of nitrogens with one attached hydrogen (secondary N) is 1. The zero-order chi connectivity index (χ0) is 14.8. The van der Waals surface area contributed by atoms with Crippen LogP contribution in [-0.4, -0.2) is 40.9 Å². The summed E-state index contributed by atoms with van der Waals surface area (Å²) in [7, 11) is 0. The normalized spacial score (nSPS) is 18.2. The summed E-state index contributed by atoms with van der Waals surface area (Å²) in [6.07, 6.45) is 3.01. The molecule has 0 radical (unpaired) electrons. The SMILES string of the molecule is CC(C)n1cc(Br)cc1C(=O)NCC1(O)CCOCC1.